The normalized spacial score (nSPS) is 12.8. The van der Waals surface area contributed by atoms with Crippen molar-refractivity contribution < 1.29 is 55.2 Å². The summed E-state index contributed by atoms with van der Waals surface area (Å²) in [5.41, 5.74) is -2.90. The highest BCUT2D eigenvalue weighted by Crippen LogP contribution is 2.42. The molecular formula is C32H26F6N6O4. The largest absolute Gasteiger partial charge is 0.853 e. The number of alkyl halides is 6. The third-order valence-corrected chi connectivity index (χ3v) is 7.02. The molecule has 0 unspecified atom stereocenters. The fraction of sp³-hybridized carbons (Fsp3) is 0.188. The van der Waals surface area contributed by atoms with Crippen LogP contribution in [-0.4, -0.2) is 20.9 Å². The number of nitrogens with zero attached hydrogens (tertiary/aromatic N) is 6. The molecule has 2 aromatic heterocycles. The van der Waals surface area contributed by atoms with Crippen molar-refractivity contribution >= 4 is 23.2 Å². The maximum Gasteiger partial charge on any atom is 0.420 e. The van der Waals surface area contributed by atoms with E-state index >= 15 is 0 Å². The molecule has 0 aliphatic rings. The number of aliphatic imine (C=N–C) groups is 2. The SMILES string of the molecule is Cn1cc[n+](C)c1C([O-])=Nc1ccc(Oc2ccc(Oc3ccc(N=C([O-])c4n(C)cc[n+]4C)cc3C(F)(F)F)cc2)c(C(F)(F)F)c1. The summed E-state index contributed by atoms with van der Waals surface area (Å²) in [6.45, 7) is 0. The summed E-state index contributed by atoms with van der Waals surface area (Å²) in [5.74, 6) is -2.57. The predicted octanol–water partition coefficient (Wildman–Crippen LogP) is 4.51. The van der Waals surface area contributed by atoms with Gasteiger partial charge in [-0.2, -0.15) is 26.3 Å². The Hall–Kier alpha value is -5.80. The maximum absolute atomic E-state index is 14.0. The third-order valence-electron chi connectivity index (χ3n) is 7.02. The topological polar surface area (TPSA) is 107 Å². The number of hydrogen-bond donors (Lipinski definition) is 0. The highest BCUT2D eigenvalue weighted by atomic mass is 19.4. The van der Waals surface area contributed by atoms with Crippen LogP contribution >= 0.6 is 0 Å². The van der Waals surface area contributed by atoms with Crippen LogP contribution in [0.5, 0.6) is 23.0 Å². The predicted molar refractivity (Wildman–Crippen MR) is 155 cm³/mol. The Morgan fingerprint density at radius 2 is 0.979 bits per heavy atom. The van der Waals surface area contributed by atoms with Crippen molar-refractivity contribution in [3.8, 4) is 23.0 Å². The van der Waals surface area contributed by atoms with Gasteiger partial charge in [-0.25, -0.2) is 18.3 Å². The Balaban J connectivity index is 1.37. The molecule has 48 heavy (non-hydrogen) atoms. The van der Waals surface area contributed by atoms with E-state index in [4.69, 9.17) is 9.47 Å². The Morgan fingerprint density at radius 1 is 0.625 bits per heavy atom. The van der Waals surface area contributed by atoms with E-state index < -0.39 is 46.8 Å². The molecule has 0 N–H and O–H groups in total. The molecule has 250 valence electrons. The van der Waals surface area contributed by atoms with Gasteiger partial charge < -0.3 is 19.7 Å². The zero-order valence-corrected chi connectivity index (χ0v) is 25.7. The summed E-state index contributed by atoms with van der Waals surface area (Å²) in [4.78, 5) is 7.60. The van der Waals surface area contributed by atoms with Gasteiger partial charge in [-0.05, 0) is 60.7 Å². The Labute approximate surface area is 269 Å². The summed E-state index contributed by atoms with van der Waals surface area (Å²) < 4.78 is 101. The van der Waals surface area contributed by atoms with E-state index in [1.165, 1.54) is 54.7 Å². The molecule has 0 atom stereocenters. The van der Waals surface area contributed by atoms with Crippen LogP contribution < -0.4 is 28.8 Å². The van der Waals surface area contributed by atoms with E-state index in [9.17, 15) is 36.6 Å². The van der Waals surface area contributed by atoms with Gasteiger partial charge in [-0.15, -0.1) is 0 Å². The summed E-state index contributed by atoms with van der Waals surface area (Å²) in [7, 11) is 6.37. The molecule has 0 amide bonds. The zero-order chi connectivity index (χ0) is 35.0. The first-order valence-electron chi connectivity index (χ1n) is 13.9. The highest BCUT2D eigenvalue weighted by molar-refractivity contribution is 5.88. The molecule has 0 saturated carbocycles. The van der Waals surface area contributed by atoms with Crippen molar-refractivity contribution in [1.29, 1.82) is 0 Å². The number of halogens is 6. The lowest BCUT2D eigenvalue weighted by Gasteiger charge is -2.16. The van der Waals surface area contributed by atoms with Crippen LogP contribution in [0.25, 0.3) is 0 Å². The summed E-state index contributed by atoms with van der Waals surface area (Å²) in [6.07, 6.45) is -3.38. The number of benzene rings is 3. The lowest BCUT2D eigenvalue weighted by molar-refractivity contribution is -0.674. The quantitative estimate of drug-likeness (QED) is 0.105. The summed E-state index contributed by atoms with van der Waals surface area (Å²) in [6, 6.07) is 10.6. The van der Waals surface area contributed by atoms with E-state index in [-0.39, 0.29) is 34.5 Å². The standard InChI is InChI=1S/C32H26F6N6O4/c1-41-13-14-42(2)29(41)27(45)39-19-5-11-25(23(17-19)31(33,34)35)47-21-7-9-22(10-8-21)48-26-12-6-20(18-24(26)32(36,37)38)40-28(46)30-43(3)15-16-44(30)4/h5-18H,1-4H3. The Morgan fingerprint density at radius 3 is 1.27 bits per heavy atom. The number of aromatic nitrogens is 4. The first-order valence-corrected chi connectivity index (χ1v) is 13.9. The molecule has 10 nitrogen and oxygen atoms in total. The smallest absolute Gasteiger partial charge is 0.420 e. The second-order valence-electron chi connectivity index (χ2n) is 10.6. The van der Waals surface area contributed by atoms with Gasteiger partial charge in [-0.3, -0.25) is 9.98 Å². The number of hydrogen-bond acceptors (Lipinski definition) is 6. The number of imidazole rings is 2. The molecule has 0 radical (unpaired) electrons. The second-order valence-corrected chi connectivity index (χ2v) is 10.6. The number of ether oxygens (including phenoxy) is 2. The van der Waals surface area contributed by atoms with E-state index in [0.717, 1.165) is 12.1 Å². The first kappa shape index (κ1) is 33.6. The first-order chi connectivity index (χ1) is 22.5. The van der Waals surface area contributed by atoms with Crippen molar-refractivity contribution in [3.05, 3.63) is 108 Å². The molecular weight excluding hydrogens is 646 g/mol. The van der Waals surface area contributed by atoms with Gasteiger partial charge in [0.05, 0.1) is 51.4 Å². The molecule has 5 aromatic rings. The lowest BCUT2D eigenvalue weighted by Crippen LogP contribution is -2.39. The minimum absolute atomic E-state index is 0.0815. The van der Waals surface area contributed by atoms with Crippen LogP contribution in [0, 0.1) is 0 Å². The van der Waals surface area contributed by atoms with Crippen molar-refractivity contribution in [2.75, 3.05) is 0 Å². The van der Waals surface area contributed by atoms with Gasteiger partial charge in [0, 0.05) is 0 Å². The van der Waals surface area contributed by atoms with Crippen LogP contribution in [-0.2, 0) is 40.5 Å². The van der Waals surface area contributed by atoms with Crippen molar-refractivity contribution in [2.45, 2.75) is 12.4 Å². The highest BCUT2D eigenvalue weighted by Gasteiger charge is 2.36. The maximum atomic E-state index is 14.0. The fourth-order valence-electron chi connectivity index (χ4n) is 4.74. The van der Waals surface area contributed by atoms with Gasteiger partial charge in [0.1, 0.15) is 58.9 Å². The van der Waals surface area contributed by atoms with Gasteiger partial charge in [0.25, 0.3) is 11.6 Å². The third kappa shape index (κ3) is 7.27. The molecule has 0 bridgehead atoms. The monoisotopic (exact) mass is 672 g/mol. The van der Waals surface area contributed by atoms with E-state index in [1.54, 1.807) is 53.0 Å². The van der Waals surface area contributed by atoms with Crippen LogP contribution in [0.2, 0.25) is 0 Å². The molecule has 2 heterocycles. The van der Waals surface area contributed by atoms with Gasteiger partial charge >= 0.3 is 12.4 Å². The summed E-state index contributed by atoms with van der Waals surface area (Å²) in [5, 5.41) is 25.2. The van der Waals surface area contributed by atoms with Gasteiger partial charge in [-0.1, -0.05) is 0 Å². The zero-order valence-electron chi connectivity index (χ0n) is 25.7. The minimum atomic E-state index is -4.88. The molecule has 5 rings (SSSR count). The van der Waals surface area contributed by atoms with Gasteiger partial charge in [0.2, 0.25) is 0 Å². The molecule has 16 heteroatoms. The van der Waals surface area contributed by atoms with Crippen LogP contribution in [0.3, 0.4) is 0 Å². The molecule has 3 aromatic carbocycles. The summed E-state index contributed by atoms with van der Waals surface area (Å²) >= 11 is 0. The fourth-order valence-corrected chi connectivity index (χ4v) is 4.74. The van der Waals surface area contributed by atoms with Gasteiger partial charge in [0.15, 0.2) is 0 Å². The average molecular weight is 673 g/mol. The minimum Gasteiger partial charge on any atom is -0.853 e. The van der Waals surface area contributed by atoms with Crippen LogP contribution in [0.4, 0.5) is 37.7 Å². The molecule has 0 fully saturated rings. The number of aryl methyl sites for hydroxylation is 4. The second kappa shape index (κ2) is 12.8. The number of rotatable bonds is 8. The Bertz CT molecular complexity index is 1840. The Kier molecular flexibility index (Phi) is 8.93. The average Bonchev–Trinajstić information content (AvgIpc) is 3.53. The van der Waals surface area contributed by atoms with Crippen molar-refractivity contribution in [1.82, 2.24) is 9.13 Å². The lowest BCUT2D eigenvalue weighted by atomic mass is 10.1. The van der Waals surface area contributed by atoms with Crippen molar-refractivity contribution in [2.24, 2.45) is 38.2 Å². The van der Waals surface area contributed by atoms with Crippen LogP contribution in [0.1, 0.15) is 22.8 Å². The van der Waals surface area contributed by atoms with Crippen molar-refractivity contribution in [3.63, 3.8) is 0 Å². The van der Waals surface area contributed by atoms with E-state index in [0.29, 0.717) is 12.1 Å². The molecule has 0 aliphatic carbocycles. The van der Waals surface area contributed by atoms with Crippen LogP contribution in [0.15, 0.2) is 95.4 Å². The molecule has 0 aliphatic heterocycles. The molecule has 0 spiro atoms. The van der Waals surface area contributed by atoms with E-state index in [1.807, 2.05) is 0 Å². The molecule has 0 saturated heterocycles. The van der Waals surface area contributed by atoms with E-state index in [2.05, 4.69) is 9.98 Å².